The maximum absolute atomic E-state index is 11.6. The molecule has 4 heteroatoms. The lowest BCUT2D eigenvalue weighted by Gasteiger charge is -2.07. The van der Waals surface area contributed by atoms with Gasteiger partial charge < -0.3 is 10.4 Å². The number of hydrogen-bond donors (Lipinski definition) is 2. The Hall–Kier alpha value is -1.84. The molecule has 0 aliphatic rings. The summed E-state index contributed by atoms with van der Waals surface area (Å²) in [6, 6.07) is 5.88. The van der Waals surface area contributed by atoms with Crippen molar-refractivity contribution in [2.75, 3.05) is 5.32 Å². The average Bonchev–Trinajstić information content (AvgIpc) is 2.22. The summed E-state index contributed by atoms with van der Waals surface area (Å²) >= 11 is 0. The second-order valence-corrected chi connectivity index (χ2v) is 4.53. The monoisotopic (exact) mass is 249 g/mol. The van der Waals surface area contributed by atoms with Crippen LogP contribution in [0, 0.1) is 13.8 Å². The Morgan fingerprint density at radius 2 is 1.61 bits per heavy atom. The highest BCUT2D eigenvalue weighted by Crippen LogP contribution is 2.14. The van der Waals surface area contributed by atoms with Crippen molar-refractivity contribution >= 4 is 17.6 Å². The minimum atomic E-state index is -0.815. The lowest BCUT2D eigenvalue weighted by molar-refractivity contribution is -0.137. The molecule has 1 aromatic carbocycles. The molecule has 98 valence electrons. The molecule has 0 spiro atoms. The van der Waals surface area contributed by atoms with Gasteiger partial charge in [-0.05, 0) is 49.9 Å². The highest BCUT2D eigenvalue weighted by molar-refractivity contribution is 5.90. The van der Waals surface area contributed by atoms with Crippen LogP contribution in [0.4, 0.5) is 5.69 Å². The van der Waals surface area contributed by atoms with Gasteiger partial charge in [-0.25, -0.2) is 0 Å². The van der Waals surface area contributed by atoms with E-state index >= 15 is 0 Å². The predicted octanol–water partition coefficient (Wildman–Crippen LogP) is 2.89. The topological polar surface area (TPSA) is 66.4 Å². The van der Waals surface area contributed by atoms with Crippen LogP contribution in [-0.2, 0) is 9.59 Å². The predicted molar refractivity (Wildman–Crippen MR) is 70.6 cm³/mol. The lowest BCUT2D eigenvalue weighted by atomic mass is 10.1. The van der Waals surface area contributed by atoms with Crippen molar-refractivity contribution in [2.45, 2.75) is 39.5 Å². The van der Waals surface area contributed by atoms with E-state index in [0.717, 1.165) is 16.8 Å². The van der Waals surface area contributed by atoms with Crippen LogP contribution >= 0.6 is 0 Å². The Morgan fingerprint density at radius 1 is 1.06 bits per heavy atom. The molecule has 2 N–H and O–H groups in total. The summed E-state index contributed by atoms with van der Waals surface area (Å²) in [6.45, 7) is 3.96. The Bertz CT molecular complexity index is 420. The first-order valence-electron chi connectivity index (χ1n) is 6.07. The highest BCUT2D eigenvalue weighted by atomic mass is 16.4. The molecule has 0 saturated carbocycles. The van der Waals surface area contributed by atoms with Gasteiger partial charge in [0.05, 0.1) is 0 Å². The minimum Gasteiger partial charge on any atom is -0.481 e. The molecule has 1 aromatic rings. The SMILES string of the molecule is Cc1cc(C)cc(NC(=O)CCCCC(=O)O)c1. The van der Waals surface area contributed by atoms with Gasteiger partial charge in [0.2, 0.25) is 5.91 Å². The molecular formula is C14H19NO3. The van der Waals surface area contributed by atoms with Crippen LogP contribution in [0.15, 0.2) is 18.2 Å². The molecule has 0 aromatic heterocycles. The third-order valence-electron chi connectivity index (χ3n) is 2.55. The number of carbonyl (C=O) groups is 2. The first-order valence-corrected chi connectivity index (χ1v) is 6.07. The summed E-state index contributed by atoms with van der Waals surface area (Å²) in [4.78, 5) is 21.9. The van der Waals surface area contributed by atoms with Crippen molar-refractivity contribution in [2.24, 2.45) is 0 Å². The molecule has 0 fully saturated rings. The van der Waals surface area contributed by atoms with E-state index in [0.29, 0.717) is 19.3 Å². The fraction of sp³-hybridized carbons (Fsp3) is 0.429. The van der Waals surface area contributed by atoms with E-state index in [1.165, 1.54) is 0 Å². The molecule has 0 heterocycles. The second-order valence-electron chi connectivity index (χ2n) is 4.53. The Morgan fingerprint density at radius 3 is 2.17 bits per heavy atom. The van der Waals surface area contributed by atoms with Gasteiger partial charge in [-0.15, -0.1) is 0 Å². The molecule has 1 amide bonds. The first kappa shape index (κ1) is 14.2. The maximum atomic E-state index is 11.6. The van der Waals surface area contributed by atoms with Gasteiger partial charge in [0.25, 0.3) is 0 Å². The van der Waals surface area contributed by atoms with Crippen molar-refractivity contribution in [1.29, 1.82) is 0 Å². The Kier molecular flexibility index (Phi) is 5.36. The molecule has 0 bridgehead atoms. The number of aliphatic carboxylic acids is 1. The molecule has 0 saturated heterocycles. The van der Waals surface area contributed by atoms with E-state index in [1.807, 2.05) is 32.0 Å². The largest absolute Gasteiger partial charge is 0.481 e. The van der Waals surface area contributed by atoms with Crippen LogP contribution in [0.25, 0.3) is 0 Å². The van der Waals surface area contributed by atoms with Gasteiger partial charge in [-0.1, -0.05) is 6.07 Å². The lowest BCUT2D eigenvalue weighted by Crippen LogP contribution is -2.11. The number of rotatable bonds is 6. The van der Waals surface area contributed by atoms with Crippen LogP contribution in [0.3, 0.4) is 0 Å². The second kappa shape index (κ2) is 6.79. The molecule has 0 radical (unpaired) electrons. The molecule has 0 aliphatic heterocycles. The summed E-state index contributed by atoms with van der Waals surface area (Å²) in [5.41, 5.74) is 3.02. The number of hydrogen-bond acceptors (Lipinski definition) is 2. The zero-order valence-corrected chi connectivity index (χ0v) is 10.8. The molecule has 18 heavy (non-hydrogen) atoms. The fourth-order valence-electron chi connectivity index (χ4n) is 1.83. The zero-order chi connectivity index (χ0) is 13.5. The average molecular weight is 249 g/mol. The number of carboxylic acids is 1. The fourth-order valence-corrected chi connectivity index (χ4v) is 1.83. The number of carbonyl (C=O) groups excluding carboxylic acids is 1. The summed E-state index contributed by atoms with van der Waals surface area (Å²) in [5, 5.41) is 11.3. The summed E-state index contributed by atoms with van der Waals surface area (Å²) in [5.74, 6) is -0.880. The van der Waals surface area contributed by atoms with Crippen molar-refractivity contribution in [3.8, 4) is 0 Å². The first-order chi connectivity index (χ1) is 8.47. The summed E-state index contributed by atoms with van der Waals surface area (Å²) < 4.78 is 0. The van der Waals surface area contributed by atoms with Gasteiger partial charge in [-0.3, -0.25) is 9.59 Å². The van der Waals surface area contributed by atoms with E-state index in [-0.39, 0.29) is 12.3 Å². The van der Waals surface area contributed by atoms with Gasteiger partial charge in [0, 0.05) is 18.5 Å². The van der Waals surface area contributed by atoms with Gasteiger partial charge in [0.15, 0.2) is 0 Å². The van der Waals surface area contributed by atoms with Crippen LogP contribution in [-0.4, -0.2) is 17.0 Å². The molecule has 4 nitrogen and oxygen atoms in total. The highest BCUT2D eigenvalue weighted by Gasteiger charge is 2.04. The van der Waals surface area contributed by atoms with Gasteiger partial charge in [-0.2, -0.15) is 0 Å². The Labute approximate surface area is 107 Å². The molecule has 1 rings (SSSR count). The van der Waals surface area contributed by atoms with Crippen LogP contribution in [0.1, 0.15) is 36.8 Å². The number of amides is 1. The van der Waals surface area contributed by atoms with Crippen LogP contribution < -0.4 is 5.32 Å². The molecular weight excluding hydrogens is 230 g/mol. The minimum absolute atomic E-state index is 0.0645. The Balaban J connectivity index is 2.37. The van der Waals surface area contributed by atoms with Gasteiger partial charge >= 0.3 is 5.97 Å². The van der Waals surface area contributed by atoms with E-state index in [9.17, 15) is 9.59 Å². The van der Waals surface area contributed by atoms with E-state index in [4.69, 9.17) is 5.11 Å². The quantitative estimate of drug-likeness (QED) is 0.762. The summed E-state index contributed by atoms with van der Waals surface area (Å²) in [6.07, 6.45) is 1.62. The van der Waals surface area contributed by atoms with E-state index < -0.39 is 5.97 Å². The standard InChI is InChI=1S/C14H19NO3/c1-10-7-11(2)9-12(8-10)15-13(16)5-3-4-6-14(17)18/h7-9H,3-6H2,1-2H3,(H,15,16)(H,17,18). The number of anilines is 1. The van der Waals surface area contributed by atoms with Crippen LogP contribution in [0.5, 0.6) is 0 Å². The third kappa shape index (κ3) is 5.48. The number of aryl methyl sites for hydroxylation is 2. The number of unbranched alkanes of at least 4 members (excludes halogenated alkanes) is 1. The van der Waals surface area contributed by atoms with E-state index in [1.54, 1.807) is 0 Å². The van der Waals surface area contributed by atoms with Gasteiger partial charge in [0.1, 0.15) is 0 Å². The molecule has 0 unspecified atom stereocenters. The third-order valence-corrected chi connectivity index (χ3v) is 2.55. The van der Waals surface area contributed by atoms with Crippen LogP contribution in [0.2, 0.25) is 0 Å². The van der Waals surface area contributed by atoms with Crippen molar-refractivity contribution < 1.29 is 14.7 Å². The molecule has 0 atom stereocenters. The van der Waals surface area contributed by atoms with Crippen molar-refractivity contribution in [3.05, 3.63) is 29.3 Å². The van der Waals surface area contributed by atoms with Crippen molar-refractivity contribution in [1.82, 2.24) is 0 Å². The van der Waals surface area contributed by atoms with Crippen molar-refractivity contribution in [3.63, 3.8) is 0 Å². The smallest absolute Gasteiger partial charge is 0.303 e. The zero-order valence-electron chi connectivity index (χ0n) is 10.8. The number of carboxylic acid groups (broad SMARTS) is 1. The maximum Gasteiger partial charge on any atom is 0.303 e. The number of nitrogens with one attached hydrogen (secondary N) is 1. The normalized spacial score (nSPS) is 10.1. The molecule has 0 aliphatic carbocycles. The number of benzene rings is 1. The van der Waals surface area contributed by atoms with E-state index in [2.05, 4.69) is 5.32 Å². The summed E-state index contributed by atoms with van der Waals surface area (Å²) in [7, 11) is 0.